The van der Waals surface area contributed by atoms with Gasteiger partial charge in [0.05, 0.1) is 24.0 Å². The number of likely N-dealkylation sites (tertiary alicyclic amines) is 1. The van der Waals surface area contributed by atoms with Crippen LogP contribution in [0.5, 0.6) is 0 Å². The fourth-order valence-corrected chi connectivity index (χ4v) is 4.80. The Kier molecular flexibility index (Phi) is 8.80. The lowest BCUT2D eigenvalue weighted by molar-refractivity contribution is -0.151. The zero-order valence-corrected chi connectivity index (χ0v) is 20.2. The summed E-state index contributed by atoms with van der Waals surface area (Å²) in [6.45, 7) is 6.45. The number of sulfonamides is 1. The number of rotatable bonds is 8. The van der Waals surface area contributed by atoms with Crippen LogP contribution in [-0.4, -0.2) is 86.7 Å². The predicted octanol–water partition coefficient (Wildman–Crippen LogP) is 1.59. The van der Waals surface area contributed by atoms with Crippen LogP contribution in [0.3, 0.4) is 0 Å². The van der Waals surface area contributed by atoms with Crippen molar-refractivity contribution in [2.75, 3.05) is 40.3 Å². The number of ether oxygens (including phenoxy) is 1. The molecule has 0 atom stereocenters. The average molecular weight is 468 g/mol. The second-order valence-corrected chi connectivity index (χ2v) is 10.2. The van der Waals surface area contributed by atoms with Gasteiger partial charge in [0.1, 0.15) is 0 Å². The average Bonchev–Trinajstić information content (AvgIpc) is 2.78. The Bertz CT molecular complexity index is 921. The van der Waals surface area contributed by atoms with Crippen LogP contribution < -0.4 is 0 Å². The standard InChI is InChI=1S/C22H33N3O6S/c1-6-31-22(28)18-11-13-25(14-12-18)20(26)15-23(4)21(27)17-7-9-19(10-8-17)32(29,30)24(5)16(2)3/h7-10,16,18H,6,11-15H2,1-5H3. The molecule has 0 unspecified atom stereocenters. The number of benzene rings is 1. The number of hydrogen-bond donors (Lipinski definition) is 0. The second-order valence-electron chi connectivity index (χ2n) is 8.21. The van der Waals surface area contributed by atoms with E-state index in [1.54, 1.807) is 25.7 Å². The van der Waals surface area contributed by atoms with Crippen molar-refractivity contribution in [2.45, 2.75) is 44.6 Å². The summed E-state index contributed by atoms with van der Waals surface area (Å²) < 4.78 is 31.4. The molecule has 178 valence electrons. The Labute approximate surface area is 190 Å². The zero-order valence-electron chi connectivity index (χ0n) is 19.4. The van der Waals surface area contributed by atoms with Crippen molar-refractivity contribution in [3.63, 3.8) is 0 Å². The first kappa shape index (κ1) is 25.8. The molecule has 0 aliphatic carbocycles. The minimum absolute atomic E-state index is 0.0982. The molecule has 0 aromatic heterocycles. The van der Waals surface area contributed by atoms with Gasteiger partial charge in [-0.25, -0.2) is 8.42 Å². The van der Waals surface area contributed by atoms with E-state index in [1.807, 2.05) is 0 Å². The molecule has 1 fully saturated rings. The van der Waals surface area contributed by atoms with Crippen LogP contribution >= 0.6 is 0 Å². The lowest BCUT2D eigenvalue weighted by atomic mass is 9.97. The molecule has 1 saturated heterocycles. The molecular weight excluding hydrogens is 434 g/mol. The number of carbonyl (C=O) groups is 3. The summed E-state index contributed by atoms with van der Waals surface area (Å²) in [6.07, 6.45) is 1.09. The molecule has 10 heteroatoms. The van der Waals surface area contributed by atoms with E-state index in [0.717, 1.165) is 0 Å². The van der Waals surface area contributed by atoms with Crippen LogP contribution in [0.15, 0.2) is 29.2 Å². The Morgan fingerprint density at radius 3 is 2.16 bits per heavy atom. The van der Waals surface area contributed by atoms with Crippen LogP contribution in [0, 0.1) is 5.92 Å². The Morgan fingerprint density at radius 2 is 1.66 bits per heavy atom. The molecule has 0 radical (unpaired) electrons. The summed E-state index contributed by atoms with van der Waals surface area (Å²) in [5.74, 6) is -0.985. The maximum Gasteiger partial charge on any atom is 0.309 e. The quantitative estimate of drug-likeness (QED) is 0.538. The van der Waals surface area contributed by atoms with E-state index < -0.39 is 10.0 Å². The SMILES string of the molecule is CCOC(=O)C1CCN(C(=O)CN(C)C(=O)c2ccc(S(=O)(=O)N(C)C(C)C)cc2)CC1. The molecule has 32 heavy (non-hydrogen) atoms. The lowest BCUT2D eigenvalue weighted by Gasteiger charge is -2.32. The Hall–Kier alpha value is -2.46. The molecule has 0 spiro atoms. The van der Waals surface area contributed by atoms with Crippen molar-refractivity contribution in [1.82, 2.24) is 14.1 Å². The molecule has 1 aromatic rings. The summed E-state index contributed by atoms with van der Waals surface area (Å²) >= 11 is 0. The maximum atomic E-state index is 12.7. The smallest absolute Gasteiger partial charge is 0.309 e. The highest BCUT2D eigenvalue weighted by molar-refractivity contribution is 7.89. The molecule has 1 aromatic carbocycles. The van der Waals surface area contributed by atoms with Crippen molar-refractivity contribution in [2.24, 2.45) is 5.92 Å². The molecule has 0 bridgehead atoms. The van der Waals surface area contributed by atoms with E-state index >= 15 is 0 Å². The zero-order chi connectivity index (χ0) is 24.1. The molecule has 0 N–H and O–H groups in total. The number of nitrogens with zero attached hydrogens (tertiary/aromatic N) is 3. The van der Waals surface area contributed by atoms with Gasteiger partial charge in [-0.3, -0.25) is 14.4 Å². The van der Waals surface area contributed by atoms with Gasteiger partial charge >= 0.3 is 5.97 Å². The highest BCUT2D eigenvalue weighted by Crippen LogP contribution is 2.20. The topological polar surface area (TPSA) is 104 Å². The molecule has 1 aliphatic heterocycles. The number of piperidine rings is 1. The summed E-state index contributed by atoms with van der Waals surface area (Å²) in [5, 5.41) is 0. The second kappa shape index (κ2) is 10.9. The monoisotopic (exact) mass is 467 g/mol. The normalized spacial score (nSPS) is 15.2. The van der Waals surface area contributed by atoms with Crippen LogP contribution in [0.2, 0.25) is 0 Å². The van der Waals surface area contributed by atoms with Crippen molar-refractivity contribution >= 4 is 27.8 Å². The minimum Gasteiger partial charge on any atom is -0.466 e. The minimum atomic E-state index is -3.63. The third-order valence-electron chi connectivity index (χ3n) is 5.69. The molecular formula is C22H33N3O6S. The van der Waals surface area contributed by atoms with Crippen LogP contribution in [0.1, 0.15) is 44.0 Å². The Balaban J connectivity index is 1.95. The maximum absolute atomic E-state index is 12.7. The van der Waals surface area contributed by atoms with E-state index in [9.17, 15) is 22.8 Å². The van der Waals surface area contributed by atoms with E-state index in [4.69, 9.17) is 4.74 Å². The predicted molar refractivity (Wildman–Crippen MR) is 119 cm³/mol. The fraction of sp³-hybridized carbons (Fsp3) is 0.591. The van der Waals surface area contributed by atoms with Gasteiger partial charge in [-0.05, 0) is 57.9 Å². The summed E-state index contributed by atoms with van der Waals surface area (Å²) in [6, 6.07) is 5.51. The Morgan fingerprint density at radius 1 is 1.09 bits per heavy atom. The number of amides is 2. The van der Waals surface area contributed by atoms with Gasteiger partial charge in [-0.2, -0.15) is 4.31 Å². The lowest BCUT2D eigenvalue weighted by Crippen LogP contribution is -2.45. The summed E-state index contributed by atoms with van der Waals surface area (Å²) in [4.78, 5) is 40.2. The number of hydrogen-bond acceptors (Lipinski definition) is 6. The summed E-state index contributed by atoms with van der Waals surface area (Å²) in [7, 11) is -0.596. The first-order valence-electron chi connectivity index (χ1n) is 10.8. The van der Waals surface area contributed by atoms with Crippen molar-refractivity contribution in [1.29, 1.82) is 0 Å². The van der Waals surface area contributed by atoms with Gasteiger partial charge in [0.2, 0.25) is 15.9 Å². The van der Waals surface area contributed by atoms with E-state index in [1.165, 1.54) is 47.6 Å². The van der Waals surface area contributed by atoms with Gasteiger partial charge in [-0.15, -0.1) is 0 Å². The molecule has 1 aliphatic rings. The molecule has 2 amide bonds. The van der Waals surface area contributed by atoms with Crippen molar-refractivity contribution in [3.05, 3.63) is 29.8 Å². The van der Waals surface area contributed by atoms with Gasteiger partial charge in [0, 0.05) is 38.8 Å². The third kappa shape index (κ3) is 6.07. The van der Waals surface area contributed by atoms with Crippen LogP contribution in [0.4, 0.5) is 0 Å². The summed E-state index contributed by atoms with van der Waals surface area (Å²) in [5.41, 5.74) is 0.299. The van der Waals surface area contributed by atoms with E-state index in [2.05, 4.69) is 0 Å². The van der Waals surface area contributed by atoms with Gasteiger partial charge < -0.3 is 14.5 Å². The third-order valence-corrected chi connectivity index (χ3v) is 7.74. The first-order valence-corrected chi connectivity index (χ1v) is 12.2. The van der Waals surface area contributed by atoms with E-state index in [0.29, 0.717) is 38.1 Å². The van der Waals surface area contributed by atoms with Crippen LogP contribution in [0.25, 0.3) is 0 Å². The van der Waals surface area contributed by atoms with Crippen molar-refractivity contribution in [3.8, 4) is 0 Å². The van der Waals surface area contributed by atoms with E-state index in [-0.39, 0.29) is 41.2 Å². The highest BCUT2D eigenvalue weighted by Gasteiger charge is 2.29. The highest BCUT2D eigenvalue weighted by atomic mass is 32.2. The molecule has 9 nitrogen and oxygen atoms in total. The van der Waals surface area contributed by atoms with Gasteiger partial charge in [-0.1, -0.05) is 0 Å². The number of carbonyl (C=O) groups excluding carboxylic acids is 3. The molecule has 2 rings (SSSR count). The molecule has 0 saturated carbocycles. The molecule has 1 heterocycles. The fourth-order valence-electron chi connectivity index (χ4n) is 3.43. The first-order chi connectivity index (χ1) is 15.0. The van der Waals surface area contributed by atoms with Gasteiger partial charge in [0.15, 0.2) is 0 Å². The van der Waals surface area contributed by atoms with Crippen molar-refractivity contribution < 1.29 is 27.5 Å². The van der Waals surface area contributed by atoms with Crippen LogP contribution in [-0.2, 0) is 24.3 Å². The number of esters is 1. The van der Waals surface area contributed by atoms with Gasteiger partial charge in [0.25, 0.3) is 5.91 Å². The largest absolute Gasteiger partial charge is 0.466 e. The number of likely N-dealkylation sites (N-methyl/N-ethyl adjacent to an activating group) is 1.